The lowest BCUT2D eigenvalue weighted by Gasteiger charge is -2.00. The molecule has 0 spiro atoms. The van der Waals surface area contributed by atoms with Gasteiger partial charge in [-0.2, -0.15) is 0 Å². The van der Waals surface area contributed by atoms with Gasteiger partial charge >= 0.3 is 0 Å². The van der Waals surface area contributed by atoms with Crippen LogP contribution in [0.2, 0.25) is 0 Å². The van der Waals surface area contributed by atoms with Crippen molar-refractivity contribution in [3.8, 4) is 0 Å². The maximum absolute atomic E-state index is 4.22. The number of thioether (sulfide) groups is 2. The normalized spacial score (nSPS) is 10.7. The summed E-state index contributed by atoms with van der Waals surface area (Å²) in [6, 6.07) is 20.7. The molecule has 0 N–H and O–H groups in total. The van der Waals surface area contributed by atoms with Gasteiger partial charge in [0.05, 0.1) is 17.8 Å². The molecule has 0 aliphatic carbocycles. The zero-order valence-electron chi connectivity index (χ0n) is 11.4. The summed E-state index contributed by atoms with van der Waals surface area (Å²) in [4.78, 5) is 2.50. The van der Waals surface area contributed by atoms with Gasteiger partial charge in [-0.1, -0.05) is 41.6 Å². The predicted octanol–water partition coefficient (Wildman–Crippen LogP) is 4.32. The number of hydrogen-bond acceptors (Lipinski definition) is 4. The fourth-order valence-corrected chi connectivity index (χ4v) is 3.35. The van der Waals surface area contributed by atoms with E-state index in [9.17, 15) is 0 Å². The molecular formula is C16H15N3S2. The minimum atomic E-state index is 0.785. The van der Waals surface area contributed by atoms with Crippen LogP contribution in [-0.4, -0.2) is 15.0 Å². The average Bonchev–Trinajstić information content (AvgIpc) is 3.01. The molecule has 0 atom stereocenters. The van der Waals surface area contributed by atoms with Gasteiger partial charge in [0.25, 0.3) is 0 Å². The molecule has 5 heteroatoms. The van der Waals surface area contributed by atoms with Gasteiger partial charge in [-0.05, 0) is 24.3 Å². The minimum Gasteiger partial charge on any atom is -0.242 e. The Kier molecular flexibility index (Phi) is 4.97. The Morgan fingerprint density at radius 3 is 2.10 bits per heavy atom. The third kappa shape index (κ3) is 4.37. The summed E-state index contributed by atoms with van der Waals surface area (Å²) in [6.07, 6.45) is 2.02. The molecular weight excluding hydrogens is 298 g/mol. The van der Waals surface area contributed by atoms with Gasteiger partial charge in [-0.15, -0.1) is 28.6 Å². The molecule has 1 heterocycles. The molecule has 0 aliphatic rings. The molecule has 1 aromatic heterocycles. The first kappa shape index (κ1) is 14.2. The van der Waals surface area contributed by atoms with E-state index in [1.807, 2.05) is 35.1 Å². The average molecular weight is 313 g/mol. The lowest BCUT2D eigenvalue weighted by atomic mass is 10.4. The standard InChI is InChI=1S/C16H15N3S2/c1-3-7-15(8-4-1)20-12-14-11-19(18-17-14)13-21-16-9-5-2-6-10-16/h1-11H,12-13H2. The summed E-state index contributed by atoms with van der Waals surface area (Å²) in [6.45, 7) is 0. The third-order valence-electron chi connectivity index (χ3n) is 2.82. The quantitative estimate of drug-likeness (QED) is 0.634. The smallest absolute Gasteiger partial charge is 0.0929 e. The van der Waals surface area contributed by atoms with Crippen molar-refractivity contribution in [1.82, 2.24) is 15.0 Å². The molecule has 3 rings (SSSR count). The van der Waals surface area contributed by atoms with Crippen molar-refractivity contribution in [3.63, 3.8) is 0 Å². The summed E-state index contributed by atoms with van der Waals surface area (Å²) < 4.78 is 1.89. The first-order valence-electron chi connectivity index (χ1n) is 6.65. The van der Waals surface area contributed by atoms with Crippen molar-refractivity contribution in [2.24, 2.45) is 0 Å². The lowest BCUT2D eigenvalue weighted by Crippen LogP contribution is -1.94. The van der Waals surface area contributed by atoms with Crippen molar-refractivity contribution in [2.75, 3.05) is 0 Å². The molecule has 0 amide bonds. The van der Waals surface area contributed by atoms with Crippen LogP contribution in [0, 0.1) is 0 Å². The first-order chi connectivity index (χ1) is 10.4. The molecule has 0 radical (unpaired) electrons. The second-order valence-electron chi connectivity index (χ2n) is 4.44. The van der Waals surface area contributed by atoms with E-state index >= 15 is 0 Å². The van der Waals surface area contributed by atoms with Gasteiger partial charge in [-0.3, -0.25) is 0 Å². The molecule has 21 heavy (non-hydrogen) atoms. The molecule has 0 bridgehead atoms. The fourth-order valence-electron chi connectivity index (χ4n) is 1.80. The van der Waals surface area contributed by atoms with E-state index in [2.05, 4.69) is 46.7 Å². The van der Waals surface area contributed by atoms with Crippen LogP contribution < -0.4 is 0 Å². The Labute approximate surface area is 132 Å². The summed E-state index contributed by atoms with van der Waals surface area (Å²) in [7, 11) is 0. The Morgan fingerprint density at radius 1 is 0.810 bits per heavy atom. The number of hydrogen-bond donors (Lipinski definition) is 0. The maximum Gasteiger partial charge on any atom is 0.0929 e. The van der Waals surface area contributed by atoms with E-state index < -0.39 is 0 Å². The highest BCUT2D eigenvalue weighted by Gasteiger charge is 2.02. The second-order valence-corrected chi connectivity index (χ2v) is 6.50. The summed E-state index contributed by atoms with van der Waals surface area (Å²) in [5.41, 5.74) is 1.01. The van der Waals surface area contributed by atoms with E-state index in [4.69, 9.17) is 0 Å². The number of rotatable bonds is 6. The van der Waals surface area contributed by atoms with Crippen molar-refractivity contribution >= 4 is 23.5 Å². The zero-order valence-corrected chi connectivity index (χ0v) is 13.1. The predicted molar refractivity (Wildman–Crippen MR) is 88.3 cm³/mol. The Morgan fingerprint density at radius 2 is 1.43 bits per heavy atom. The highest BCUT2D eigenvalue weighted by atomic mass is 32.2. The SMILES string of the molecule is c1ccc(SCc2cn(CSc3ccccc3)nn2)cc1. The second kappa shape index (κ2) is 7.33. The van der Waals surface area contributed by atoms with Crippen LogP contribution in [0.15, 0.2) is 76.7 Å². The molecule has 106 valence electrons. The highest BCUT2D eigenvalue weighted by molar-refractivity contribution is 7.98. The van der Waals surface area contributed by atoms with E-state index in [-0.39, 0.29) is 0 Å². The van der Waals surface area contributed by atoms with Gasteiger partial charge < -0.3 is 0 Å². The van der Waals surface area contributed by atoms with E-state index in [1.54, 1.807) is 23.5 Å². The van der Waals surface area contributed by atoms with Crippen LogP contribution in [-0.2, 0) is 11.6 Å². The van der Waals surface area contributed by atoms with Gasteiger partial charge in [0, 0.05) is 15.5 Å². The van der Waals surface area contributed by atoms with Gasteiger partial charge in [0.15, 0.2) is 0 Å². The van der Waals surface area contributed by atoms with E-state index in [0.717, 1.165) is 17.3 Å². The van der Waals surface area contributed by atoms with Gasteiger partial charge in [0.2, 0.25) is 0 Å². The molecule has 3 aromatic rings. The van der Waals surface area contributed by atoms with Crippen molar-refractivity contribution in [1.29, 1.82) is 0 Å². The van der Waals surface area contributed by atoms with Crippen LogP contribution in [0.3, 0.4) is 0 Å². The van der Waals surface area contributed by atoms with Crippen LogP contribution in [0.25, 0.3) is 0 Å². The Bertz CT molecular complexity index is 610. The Balaban J connectivity index is 1.52. The van der Waals surface area contributed by atoms with E-state index in [1.165, 1.54) is 9.79 Å². The Hall–Kier alpha value is -1.72. The topological polar surface area (TPSA) is 30.7 Å². The lowest BCUT2D eigenvalue weighted by molar-refractivity contribution is 0.700. The number of benzene rings is 2. The molecule has 0 fully saturated rings. The third-order valence-corrected chi connectivity index (χ3v) is 4.87. The molecule has 3 nitrogen and oxygen atoms in total. The maximum atomic E-state index is 4.22. The highest BCUT2D eigenvalue weighted by Crippen LogP contribution is 2.22. The first-order valence-corrected chi connectivity index (χ1v) is 8.62. The van der Waals surface area contributed by atoms with Crippen LogP contribution >= 0.6 is 23.5 Å². The monoisotopic (exact) mass is 313 g/mol. The number of aromatic nitrogens is 3. The minimum absolute atomic E-state index is 0.785. The summed E-state index contributed by atoms with van der Waals surface area (Å²) in [5, 5.41) is 8.40. The molecule has 0 saturated carbocycles. The van der Waals surface area contributed by atoms with Crippen LogP contribution in [0.4, 0.5) is 0 Å². The van der Waals surface area contributed by atoms with Crippen LogP contribution in [0.5, 0.6) is 0 Å². The summed E-state index contributed by atoms with van der Waals surface area (Å²) >= 11 is 3.53. The van der Waals surface area contributed by atoms with Crippen molar-refractivity contribution < 1.29 is 0 Å². The summed E-state index contributed by atoms with van der Waals surface area (Å²) in [5.74, 6) is 1.63. The van der Waals surface area contributed by atoms with Crippen LogP contribution in [0.1, 0.15) is 5.69 Å². The van der Waals surface area contributed by atoms with Gasteiger partial charge in [0.1, 0.15) is 0 Å². The zero-order chi connectivity index (χ0) is 14.3. The molecule has 0 aliphatic heterocycles. The molecule has 0 saturated heterocycles. The van der Waals surface area contributed by atoms with E-state index in [0.29, 0.717) is 0 Å². The molecule has 2 aromatic carbocycles. The molecule has 0 unspecified atom stereocenters. The fraction of sp³-hybridized carbons (Fsp3) is 0.125. The van der Waals surface area contributed by atoms with Crippen molar-refractivity contribution in [3.05, 3.63) is 72.6 Å². The number of nitrogens with zero attached hydrogens (tertiary/aromatic N) is 3. The largest absolute Gasteiger partial charge is 0.242 e. The van der Waals surface area contributed by atoms with Gasteiger partial charge in [-0.25, -0.2) is 4.68 Å². The van der Waals surface area contributed by atoms with Crippen molar-refractivity contribution in [2.45, 2.75) is 21.4 Å².